The molecule has 0 saturated carbocycles. The summed E-state index contributed by atoms with van der Waals surface area (Å²) in [7, 11) is 0. The van der Waals surface area contributed by atoms with E-state index in [2.05, 4.69) is 20.9 Å². The molecular formula is C8H10BrClN2O. The van der Waals surface area contributed by atoms with E-state index >= 15 is 0 Å². The number of aliphatic hydroxyl groups is 1. The molecule has 0 aliphatic heterocycles. The number of rotatable bonds is 3. The lowest BCUT2D eigenvalue weighted by Crippen LogP contribution is -2.27. The maximum Gasteiger partial charge on any atom is 0.132 e. The lowest BCUT2D eigenvalue weighted by Gasteiger charge is -2.08. The van der Waals surface area contributed by atoms with Crippen molar-refractivity contribution in [2.45, 2.75) is 12.5 Å². The van der Waals surface area contributed by atoms with E-state index in [1.807, 2.05) is 6.07 Å². The molecule has 5 heteroatoms. The zero-order valence-corrected chi connectivity index (χ0v) is 9.22. The molecule has 1 atom stereocenters. The molecule has 1 aromatic heterocycles. The van der Waals surface area contributed by atoms with Crippen molar-refractivity contribution < 1.29 is 5.11 Å². The fourth-order valence-corrected chi connectivity index (χ4v) is 1.51. The molecule has 1 unspecified atom stereocenters. The van der Waals surface area contributed by atoms with E-state index in [1.165, 1.54) is 0 Å². The van der Waals surface area contributed by atoms with Gasteiger partial charge in [0.25, 0.3) is 0 Å². The molecular weight excluding hydrogens is 255 g/mol. The zero-order chi connectivity index (χ0) is 9.84. The van der Waals surface area contributed by atoms with Gasteiger partial charge in [0.05, 0.1) is 6.61 Å². The number of nitrogens with zero attached hydrogens (tertiary/aromatic N) is 1. The van der Waals surface area contributed by atoms with E-state index in [9.17, 15) is 0 Å². The number of aromatic nitrogens is 1. The molecule has 72 valence electrons. The standard InChI is InChI=1S/C8H10BrClN2O/c9-6-1-5(2-7(11)4-13)8(10)12-3-6/h1,3,7,13H,2,4,11H2. The van der Waals surface area contributed by atoms with Crippen molar-refractivity contribution in [1.29, 1.82) is 0 Å². The van der Waals surface area contributed by atoms with E-state index in [4.69, 9.17) is 22.4 Å². The van der Waals surface area contributed by atoms with Gasteiger partial charge < -0.3 is 10.8 Å². The Bertz CT molecular complexity index is 295. The maximum absolute atomic E-state index is 8.76. The van der Waals surface area contributed by atoms with Crippen molar-refractivity contribution in [2.24, 2.45) is 5.73 Å². The SMILES string of the molecule is NC(CO)Cc1cc(Br)cnc1Cl. The normalized spacial score (nSPS) is 12.9. The molecule has 1 aromatic rings. The van der Waals surface area contributed by atoms with Crippen LogP contribution in [0.5, 0.6) is 0 Å². The van der Waals surface area contributed by atoms with Crippen LogP contribution in [-0.4, -0.2) is 22.7 Å². The first-order valence-corrected chi connectivity index (χ1v) is 4.97. The first kappa shape index (κ1) is 10.9. The van der Waals surface area contributed by atoms with Crippen LogP contribution < -0.4 is 5.73 Å². The molecule has 0 spiro atoms. The Morgan fingerprint density at radius 1 is 1.69 bits per heavy atom. The van der Waals surface area contributed by atoms with Crippen molar-refractivity contribution in [3.05, 3.63) is 27.5 Å². The molecule has 0 fully saturated rings. The third-order valence-electron chi connectivity index (χ3n) is 1.59. The number of nitrogens with two attached hydrogens (primary N) is 1. The van der Waals surface area contributed by atoms with E-state index in [0.717, 1.165) is 10.0 Å². The Balaban J connectivity index is 2.81. The monoisotopic (exact) mass is 264 g/mol. The van der Waals surface area contributed by atoms with Gasteiger partial charge in [0, 0.05) is 16.7 Å². The van der Waals surface area contributed by atoms with E-state index in [-0.39, 0.29) is 12.6 Å². The van der Waals surface area contributed by atoms with Crippen LogP contribution in [-0.2, 0) is 6.42 Å². The fraction of sp³-hybridized carbons (Fsp3) is 0.375. The summed E-state index contributed by atoms with van der Waals surface area (Å²) >= 11 is 9.11. The second-order valence-electron chi connectivity index (χ2n) is 2.75. The third kappa shape index (κ3) is 3.23. The maximum atomic E-state index is 8.76. The average molecular weight is 266 g/mol. The zero-order valence-electron chi connectivity index (χ0n) is 6.87. The number of pyridine rings is 1. The molecule has 0 saturated heterocycles. The number of hydrogen-bond donors (Lipinski definition) is 2. The van der Waals surface area contributed by atoms with Gasteiger partial charge >= 0.3 is 0 Å². The van der Waals surface area contributed by atoms with Crippen LogP contribution in [0.15, 0.2) is 16.7 Å². The van der Waals surface area contributed by atoms with E-state index in [0.29, 0.717) is 11.6 Å². The number of hydrogen-bond acceptors (Lipinski definition) is 3. The summed E-state index contributed by atoms with van der Waals surface area (Å²) in [5, 5.41) is 9.19. The molecule has 0 aliphatic rings. The smallest absolute Gasteiger partial charge is 0.132 e. The Morgan fingerprint density at radius 2 is 2.38 bits per heavy atom. The van der Waals surface area contributed by atoms with Gasteiger partial charge in [0.2, 0.25) is 0 Å². The molecule has 1 rings (SSSR count). The Kier molecular flexibility index (Phi) is 4.12. The summed E-state index contributed by atoms with van der Waals surface area (Å²) in [6.45, 7) is -0.0527. The first-order valence-electron chi connectivity index (χ1n) is 3.80. The van der Waals surface area contributed by atoms with Crippen molar-refractivity contribution in [3.8, 4) is 0 Å². The summed E-state index contributed by atoms with van der Waals surface area (Å²) in [5.74, 6) is 0. The van der Waals surface area contributed by atoms with Crippen LogP contribution >= 0.6 is 27.5 Å². The molecule has 1 heterocycles. The number of aliphatic hydroxyl groups excluding tert-OH is 1. The van der Waals surface area contributed by atoms with E-state index < -0.39 is 0 Å². The van der Waals surface area contributed by atoms with Crippen LogP contribution in [0.25, 0.3) is 0 Å². The topological polar surface area (TPSA) is 59.1 Å². The third-order valence-corrected chi connectivity index (χ3v) is 2.37. The predicted octanol–water partition coefficient (Wildman–Crippen LogP) is 1.36. The lowest BCUT2D eigenvalue weighted by molar-refractivity contribution is 0.265. The van der Waals surface area contributed by atoms with Gasteiger partial charge in [-0.1, -0.05) is 11.6 Å². The van der Waals surface area contributed by atoms with Gasteiger partial charge in [0.1, 0.15) is 5.15 Å². The first-order chi connectivity index (χ1) is 6.13. The van der Waals surface area contributed by atoms with Gasteiger partial charge in [0.15, 0.2) is 0 Å². The summed E-state index contributed by atoms with van der Waals surface area (Å²) in [6, 6.07) is 1.57. The molecule has 13 heavy (non-hydrogen) atoms. The molecule has 0 aromatic carbocycles. The molecule has 0 bridgehead atoms. The summed E-state index contributed by atoms with van der Waals surface area (Å²) in [4.78, 5) is 3.95. The molecule has 3 nitrogen and oxygen atoms in total. The fourth-order valence-electron chi connectivity index (χ4n) is 0.955. The predicted molar refractivity (Wildman–Crippen MR) is 55.7 cm³/mol. The highest BCUT2D eigenvalue weighted by Crippen LogP contribution is 2.18. The minimum absolute atomic E-state index is 0.0527. The highest BCUT2D eigenvalue weighted by Gasteiger charge is 2.07. The van der Waals surface area contributed by atoms with Gasteiger partial charge in [-0.05, 0) is 34.0 Å². The van der Waals surface area contributed by atoms with Crippen molar-refractivity contribution >= 4 is 27.5 Å². The molecule has 3 N–H and O–H groups in total. The second-order valence-corrected chi connectivity index (χ2v) is 4.02. The van der Waals surface area contributed by atoms with Crippen LogP contribution in [0.1, 0.15) is 5.56 Å². The van der Waals surface area contributed by atoms with Crippen LogP contribution in [0, 0.1) is 0 Å². The van der Waals surface area contributed by atoms with Crippen molar-refractivity contribution in [3.63, 3.8) is 0 Å². The summed E-state index contributed by atoms with van der Waals surface area (Å²) in [5.41, 5.74) is 6.42. The van der Waals surface area contributed by atoms with Gasteiger partial charge in [-0.15, -0.1) is 0 Å². The Hall–Kier alpha value is -0.160. The molecule has 0 aliphatic carbocycles. The van der Waals surface area contributed by atoms with E-state index in [1.54, 1.807) is 6.20 Å². The molecule has 0 amide bonds. The van der Waals surface area contributed by atoms with Gasteiger partial charge in [-0.3, -0.25) is 0 Å². The van der Waals surface area contributed by atoms with Gasteiger partial charge in [-0.25, -0.2) is 4.98 Å². The average Bonchev–Trinajstić information content (AvgIpc) is 2.11. The second kappa shape index (κ2) is 4.91. The quantitative estimate of drug-likeness (QED) is 0.811. The minimum atomic E-state index is -0.284. The highest BCUT2D eigenvalue weighted by atomic mass is 79.9. The van der Waals surface area contributed by atoms with Gasteiger partial charge in [-0.2, -0.15) is 0 Å². The highest BCUT2D eigenvalue weighted by molar-refractivity contribution is 9.10. The minimum Gasteiger partial charge on any atom is -0.395 e. The van der Waals surface area contributed by atoms with Crippen molar-refractivity contribution in [1.82, 2.24) is 4.98 Å². The molecule has 0 radical (unpaired) electrons. The van der Waals surface area contributed by atoms with Crippen LogP contribution in [0.3, 0.4) is 0 Å². The number of halogens is 2. The summed E-state index contributed by atoms with van der Waals surface area (Å²) < 4.78 is 0.858. The van der Waals surface area contributed by atoms with Crippen LogP contribution in [0.4, 0.5) is 0 Å². The summed E-state index contributed by atoms with van der Waals surface area (Å²) in [6.07, 6.45) is 2.15. The Labute approximate surface area is 90.1 Å². The van der Waals surface area contributed by atoms with Crippen molar-refractivity contribution in [2.75, 3.05) is 6.61 Å². The van der Waals surface area contributed by atoms with Crippen LogP contribution in [0.2, 0.25) is 5.15 Å². The largest absolute Gasteiger partial charge is 0.395 e. The lowest BCUT2D eigenvalue weighted by atomic mass is 10.1. The Morgan fingerprint density at radius 3 is 3.00 bits per heavy atom.